The number of amides is 2. The molecule has 0 aliphatic carbocycles. The van der Waals surface area contributed by atoms with Gasteiger partial charge in [-0.1, -0.05) is 12.1 Å². The molecule has 22 heavy (non-hydrogen) atoms. The number of anilines is 1. The number of hydrogen-bond acceptors (Lipinski definition) is 4. The van der Waals surface area contributed by atoms with Crippen molar-refractivity contribution in [3.63, 3.8) is 0 Å². The van der Waals surface area contributed by atoms with Gasteiger partial charge in [-0.25, -0.2) is 0 Å². The molecule has 1 heterocycles. The van der Waals surface area contributed by atoms with Crippen molar-refractivity contribution in [1.82, 2.24) is 4.90 Å². The van der Waals surface area contributed by atoms with Gasteiger partial charge in [0.2, 0.25) is 0 Å². The maximum absolute atomic E-state index is 12.3. The van der Waals surface area contributed by atoms with Gasteiger partial charge < -0.3 is 9.64 Å². The van der Waals surface area contributed by atoms with Crippen LogP contribution in [-0.4, -0.2) is 37.5 Å². The van der Waals surface area contributed by atoms with E-state index in [4.69, 9.17) is 4.74 Å². The zero-order valence-corrected chi connectivity index (χ0v) is 12.4. The van der Waals surface area contributed by atoms with Gasteiger partial charge in [-0.15, -0.1) is 0 Å². The molecule has 0 radical (unpaired) electrons. The first-order chi connectivity index (χ1) is 10.6. The first kappa shape index (κ1) is 14.1. The average Bonchev–Trinajstić information content (AvgIpc) is 2.80. The van der Waals surface area contributed by atoms with Crippen LogP contribution in [0.1, 0.15) is 20.7 Å². The van der Waals surface area contributed by atoms with Crippen LogP contribution in [0.2, 0.25) is 0 Å². The maximum Gasteiger partial charge on any atom is 0.263 e. The van der Waals surface area contributed by atoms with E-state index in [-0.39, 0.29) is 18.5 Å². The molecule has 5 nitrogen and oxygen atoms in total. The molecule has 0 saturated carbocycles. The Morgan fingerprint density at radius 3 is 2.00 bits per heavy atom. The molecule has 0 aromatic heterocycles. The van der Waals surface area contributed by atoms with Crippen molar-refractivity contribution in [3.8, 4) is 5.75 Å². The lowest BCUT2D eigenvalue weighted by Crippen LogP contribution is -2.39. The van der Waals surface area contributed by atoms with E-state index < -0.39 is 0 Å². The number of fused-ring (bicyclic) bond motifs is 1. The van der Waals surface area contributed by atoms with Crippen LogP contribution in [0, 0.1) is 0 Å². The number of nitrogens with zero attached hydrogens (tertiary/aromatic N) is 2. The summed E-state index contributed by atoms with van der Waals surface area (Å²) in [6, 6.07) is 14.4. The standard InChI is InChI=1S/C17H16N2O3/c1-18(12-7-9-13(22-2)10-8-12)11-19-16(20)14-5-3-4-6-15(14)17(19)21/h3-10H,11H2,1-2H3. The van der Waals surface area contributed by atoms with Gasteiger partial charge in [0, 0.05) is 12.7 Å². The fourth-order valence-electron chi connectivity index (χ4n) is 2.50. The average molecular weight is 296 g/mol. The number of benzene rings is 2. The minimum atomic E-state index is -0.249. The largest absolute Gasteiger partial charge is 0.497 e. The summed E-state index contributed by atoms with van der Waals surface area (Å²) in [5.41, 5.74) is 1.84. The Labute approximate surface area is 128 Å². The molecule has 0 bridgehead atoms. The molecule has 3 rings (SSSR count). The van der Waals surface area contributed by atoms with Gasteiger partial charge in [0.25, 0.3) is 11.8 Å². The van der Waals surface area contributed by atoms with E-state index in [0.717, 1.165) is 11.4 Å². The summed E-state index contributed by atoms with van der Waals surface area (Å²) in [5, 5.41) is 0. The Morgan fingerprint density at radius 2 is 1.50 bits per heavy atom. The van der Waals surface area contributed by atoms with Crippen LogP contribution in [0.25, 0.3) is 0 Å². The monoisotopic (exact) mass is 296 g/mol. The molecular formula is C17H16N2O3. The molecule has 2 aromatic rings. The molecule has 112 valence electrons. The van der Waals surface area contributed by atoms with Crippen LogP contribution in [-0.2, 0) is 0 Å². The molecule has 2 aromatic carbocycles. The summed E-state index contributed by atoms with van der Waals surface area (Å²) in [6.45, 7) is 0.207. The van der Waals surface area contributed by atoms with Gasteiger partial charge >= 0.3 is 0 Å². The lowest BCUT2D eigenvalue weighted by atomic mass is 10.1. The molecule has 2 amide bonds. The Kier molecular flexibility index (Phi) is 3.55. The molecule has 0 N–H and O–H groups in total. The second-order valence-electron chi connectivity index (χ2n) is 5.12. The maximum atomic E-state index is 12.3. The highest BCUT2D eigenvalue weighted by atomic mass is 16.5. The topological polar surface area (TPSA) is 49.9 Å². The quantitative estimate of drug-likeness (QED) is 0.813. The number of imide groups is 1. The van der Waals surface area contributed by atoms with Crippen molar-refractivity contribution in [3.05, 3.63) is 59.7 Å². The summed E-state index contributed by atoms with van der Waals surface area (Å²) in [5.74, 6) is 0.264. The third-order valence-electron chi connectivity index (χ3n) is 3.74. The van der Waals surface area contributed by atoms with Gasteiger partial charge in [0.15, 0.2) is 0 Å². The Morgan fingerprint density at radius 1 is 0.955 bits per heavy atom. The summed E-state index contributed by atoms with van der Waals surface area (Å²) in [4.78, 5) is 27.8. The first-order valence-electron chi connectivity index (χ1n) is 6.92. The van der Waals surface area contributed by atoms with Crippen molar-refractivity contribution in [1.29, 1.82) is 0 Å². The van der Waals surface area contributed by atoms with Crippen LogP contribution in [0.4, 0.5) is 5.69 Å². The van der Waals surface area contributed by atoms with Gasteiger partial charge in [0.1, 0.15) is 12.4 Å². The zero-order valence-electron chi connectivity index (χ0n) is 12.4. The van der Waals surface area contributed by atoms with Crippen LogP contribution < -0.4 is 9.64 Å². The molecular weight excluding hydrogens is 280 g/mol. The van der Waals surface area contributed by atoms with Crippen molar-refractivity contribution in [2.24, 2.45) is 0 Å². The summed E-state index contributed by atoms with van der Waals surface area (Å²) >= 11 is 0. The van der Waals surface area contributed by atoms with E-state index in [1.165, 1.54) is 4.90 Å². The van der Waals surface area contributed by atoms with Crippen LogP contribution in [0.3, 0.4) is 0 Å². The minimum Gasteiger partial charge on any atom is -0.497 e. The fourth-order valence-corrected chi connectivity index (χ4v) is 2.50. The summed E-state index contributed by atoms with van der Waals surface area (Å²) < 4.78 is 5.12. The Balaban J connectivity index is 1.79. The van der Waals surface area contributed by atoms with E-state index in [1.54, 1.807) is 31.4 Å². The molecule has 1 aliphatic heterocycles. The molecule has 1 aliphatic rings. The fraction of sp³-hybridized carbons (Fsp3) is 0.176. The van der Waals surface area contributed by atoms with Gasteiger partial charge in [-0.3, -0.25) is 14.5 Å². The van der Waals surface area contributed by atoms with Gasteiger partial charge in [-0.05, 0) is 36.4 Å². The Hall–Kier alpha value is -2.82. The van der Waals surface area contributed by atoms with Crippen LogP contribution >= 0.6 is 0 Å². The Bertz CT molecular complexity index is 690. The third-order valence-corrected chi connectivity index (χ3v) is 3.74. The molecule has 0 fully saturated rings. The minimum absolute atomic E-state index is 0.207. The van der Waals surface area contributed by atoms with E-state index in [2.05, 4.69) is 0 Å². The van der Waals surface area contributed by atoms with Crippen molar-refractivity contribution < 1.29 is 14.3 Å². The number of carbonyl (C=O) groups excluding carboxylic acids is 2. The molecule has 0 saturated heterocycles. The number of methoxy groups -OCH3 is 1. The second kappa shape index (κ2) is 5.52. The van der Waals surface area contributed by atoms with E-state index in [9.17, 15) is 9.59 Å². The lowest BCUT2D eigenvalue weighted by Gasteiger charge is -2.24. The van der Waals surface area contributed by atoms with E-state index >= 15 is 0 Å². The van der Waals surface area contributed by atoms with Crippen molar-refractivity contribution in [2.45, 2.75) is 0 Å². The first-order valence-corrected chi connectivity index (χ1v) is 6.92. The molecule has 5 heteroatoms. The van der Waals surface area contributed by atoms with Gasteiger partial charge in [-0.2, -0.15) is 0 Å². The van der Waals surface area contributed by atoms with Crippen molar-refractivity contribution in [2.75, 3.05) is 25.7 Å². The lowest BCUT2D eigenvalue weighted by molar-refractivity contribution is 0.0656. The highest BCUT2D eigenvalue weighted by molar-refractivity contribution is 6.21. The summed E-state index contributed by atoms with van der Waals surface area (Å²) in [7, 11) is 3.45. The summed E-state index contributed by atoms with van der Waals surface area (Å²) in [6.07, 6.45) is 0. The third kappa shape index (κ3) is 2.30. The molecule has 0 atom stereocenters. The van der Waals surface area contributed by atoms with E-state index in [1.807, 2.05) is 36.2 Å². The number of hydrogen-bond donors (Lipinski definition) is 0. The zero-order chi connectivity index (χ0) is 15.7. The smallest absolute Gasteiger partial charge is 0.263 e. The highest BCUT2D eigenvalue weighted by Crippen LogP contribution is 2.24. The molecule has 0 unspecified atom stereocenters. The SMILES string of the molecule is COc1ccc(N(C)CN2C(=O)c3ccccc3C2=O)cc1. The van der Waals surface area contributed by atoms with Crippen LogP contribution in [0.15, 0.2) is 48.5 Å². The van der Waals surface area contributed by atoms with Gasteiger partial charge in [0.05, 0.1) is 18.2 Å². The molecule has 0 spiro atoms. The van der Waals surface area contributed by atoms with Crippen molar-refractivity contribution >= 4 is 17.5 Å². The second-order valence-corrected chi connectivity index (χ2v) is 5.12. The normalized spacial score (nSPS) is 13.3. The predicted octanol–water partition coefficient (Wildman–Crippen LogP) is 2.39. The predicted molar refractivity (Wildman–Crippen MR) is 83.2 cm³/mol. The number of rotatable bonds is 4. The van der Waals surface area contributed by atoms with Crippen LogP contribution in [0.5, 0.6) is 5.75 Å². The number of carbonyl (C=O) groups is 2. The number of ether oxygens (including phenoxy) is 1. The highest BCUT2D eigenvalue weighted by Gasteiger charge is 2.35. The van der Waals surface area contributed by atoms with E-state index in [0.29, 0.717) is 11.1 Å².